The summed E-state index contributed by atoms with van der Waals surface area (Å²) in [6.45, 7) is 3.47. The van der Waals surface area contributed by atoms with Gasteiger partial charge in [0, 0.05) is 0 Å². The molecule has 4 aromatic rings. The molecule has 1 saturated heterocycles. The van der Waals surface area contributed by atoms with Crippen molar-refractivity contribution in [3.05, 3.63) is 144 Å². The summed E-state index contributed by atoms with van der Waals surface area (Å²) in [5.74, 6) is 0.340. The second-order valence-corrected chi connectivity index (χ2v) is 11.6. The Kier molecular flexibility index (Phi) is 11.8. The number of ether oxygens (including phenoxy) is 5. The lowest BCUT2D eigenvalue weighted by Gasteiger charge is -2.45. The van der Waals surface area contributed by atoms with E-state index in [4.69, 9.17) is 23.7 Å². The van der Waals surface area contributed by atoms with Gasteiger partial charge in [-0.25, -0.2) is 4.79 Å². The SMILES string of the molecule is CCS[C@@H]1OC(COCc2ccccc2)[C@H](OCc2ccccc2)[C@H](OCc2ccccc2)C1OC(=O)c1ccccc1. The van der Waals surface area contributed by atoms with E-state index in [9.17, 15) is 4.79 Å². The molecule has 1 aliphatic rings. The van der Waals surface area contributed by atoms with Gasteiger partial charge in [0.1, 0.15) is 23.7 Å². The average Bonchev–Trinajstić information content (AvgIpc) is 3.06. The number of esters is 1. The summed E-state index contributed by atoms with van der Waals surface area (Å²) in [6.07, 6.45) is -2.35. The van der Waals surface area contributed by atoms with Crippen molar-refractivity contribution in [3.63, 3.8) is 0 Å². The van der Waals surface area contributed by atoms with E-state index in [-0.39, 0.29) is 0 Å². The number of rotatable bonds is 14. The van der Waals surface area contributed by atoms with Crippen LogP contribution in [0.1, 0.15) is 34.0 Å². The monoisotopic (exact) mass is 598 g/mol. The Labute approximate surface area is 258 Å². The van der Waals surface area contributed by atoms with E-state index in [0.29, 0.717) is 32.0 Å². The van der Waals surface area contributed by atoms with Crippen LogP contribution >= 0.6 is 11.8 Å². The first-order chi connectivity index (χ1) is 21.2. The molecule has 0 N–H and O–H groups in total. The minimum Gasteiger partial charge on any atom is -0.452 e. The summed E-state index contributed by atoms with van der Waals surface area (Å²) < 4.78 is 32.3. The number of thioether (sulfide) groups is 1. The van der Waals surface area contributed by atoms with Gasteiger partial charge in [0.25, 0.3) is 0 Å². The van der Waals surface area contributed by atoms with Crippen LogP contribution in [0.2, 0.25) is 0 Å². The second kappa shape index (κ2) is 16.4. The Hall–Kier alpha value is -3.46. The number of carbonyl (C=O) groups excluding carboxylic acids is 1. The molecule has 0 amide bonds. The summed E-state index contributed by atoms with van der Waals surface area (Å²) in [6, 6.07) is 39.0. The Morgan fingerprint density at radius 3 is 1.67 bits per heavy atom. The average molecular weight is 599 g/mol. The Morgan fingerprint density at radius 1 is 0.651 bits per heavy atom. The summed E-state index contributed by atoms with van der Waals surface area (Å²) in [5, 5.41) is 0. The molecule has 6 nitrogen and oxygen atoms in total. The van der Waals surface area contributed by atoms with E-state index in [1.165, 1.54) is 0 Å². The number of hydrogen-bond donors (Lipinski definition) is 0. The van der Waals surface area contributed by atoms with Crippen molar-refractivity contribution in [1.29, 1.82) is 0 Å². The lowest BCUT2D eigenvalue weighted by atomic mass is 9.98. The number of carbonyl (C=O) groups is 1. The molecule has 2 unspecified atom stereocenters. The molecule has 5 atom stereocenters. The quantitative estimate of drug-likeness (QED) is 0.144. The smallest absolute Gasteiger partial charge is 0.338 e. The van der Waals surface area contributed by atoms with E-state index in [2.05, 4.69) is 6.92 Å². The fourth-order valence-corrected chi connectivity index (χ4v) is 5.94. The van der Waals surface area contributed by atoms with Crippen LogP contribution in [0.15, 0.2) is 121 Å². The molecule has 5 rings (SSSR count). The Balaban J connectivity index is 1.43. The van der Waals surface area contributed by atoms with E-state index in [1.807, 2.05) is 109 Å². The molecule has 224 valence electrons. The molecule has 0 aromatic heterocycles. The van der Waals surface area contributed by atoms with Gasteiger partial charge in [0.05, 0.1) is 32.0 Å². The topological polar surface area (TPSA) is 63.2 Å². The number of hydrogen-bond acceptors (Lipinski definition) is 7. The molecule has 1 fully saturated rings. The van der Waals surface area contributed by atoms with Gasteiger partial charge in [-0.3, -0.25) is 0 Å². The third-order valence-electron chi connectivity index (χ3n) is 7.14. The van der Waals surface area contributed by atoms with Crippen LogP contribution in [0.25, 0.3) is 0 Å². The van der Waals surface area contributed by atoms with Crippen molar-refractivity contribution in [2.45, 2.75) is 56.6 Å². The predicted octanol–water partition coefficient (Wildman–Crippen LogP) is 7.08. The molecular weight excluding hydrogens is 560 g/mol. The van der Waals surface area contributed by atoms with Gasteiger partial charge in [-0.15, -0.1) is 11.8 Å². The van der Waals surface area contributed by atoms with Crippen molar-refractivity contribution in [3.8, 4) is 0 Å². The highest BCUT2D eigenvalue weighted by Gasteiger charge is 2.50. The van der Waals surface area contributed by atoms with Gasteiger partial charge < -0.3 is 23.7 Å². The molecule has 43 heavy (non-hydrogen) atoms. The minimum absolute atomic E-state index is 0.291. The van der Waals surface area contributed by atoms with E-state index >= 15 is 0 Å². The van der Waals surface area contributed by atoms with Gasteiger partial charge in [-0.2, -0.15) is 0 Å². The van der Waals surface area contributed by atoms with Gasteiger partial charge in [-0.1, -0.05) is 116 Å². The van der Waals surface area contributed by atoms with Crippen LogP contribution in [-0.2, 0) is 43.5 Å². The summed E-state index contributed by atoms with van der Waals surface area (Å²) in [5.41, 5.74) is 3.11. The minimum atomic E-state index is -0.715. The molecule has 0 aliphatic carbocycles. The maximum atomic E-state index is 13.4. The Bertz CT molecular complexity index is 1360. The molecule has 0 saturated carbocycles. The number of benzene rings is 4. The summed E-state index contributed by atoms with van der Waals surface area (Å²) in [7, 11) is 0. The van der Waals surface area contributed by atoms with E-state index in [1.54, 1.807) is 23.9 Å². The summed E-state index contributed by atoms with van der Waals surface area (Å²) >= 11 is 1.58. The first kappa shape index (κ1) is 31.0. The molecule has 0 bridgehead atoms. The largest absolute Gasteiger partial charge is 0.452 e. The first-order valence-corrected chi connectivity index (χ1v) is 15.7. The van der Waals surface area contributed by atoms with Gasteiger partial charge in [-0.05, 0) is 34.6 Å². The second-order valence-electron chi connectivity index (χ2n) is 10.3. The van der Waals surface area contributed by atoms with E-state index < -0.39 is 35.8 Å². The van der Waals surface area contributed by atoms with Crippen molar-refractivity contribution in [2.24, 2.45) is 0 Å². The Morgan fingerprint density at radius 2 is 1.14 bits per heavy atom. The molecule has 0 radical (unpaired) electrons. The lowest BCUT2D eigenvalue weighted by molar-refractivity contribution is -0.242. The van der Waals surface area contributed by atoms with Gasteiger partial charge in [0.15, 0.2) is 6.10 Å². The molecule has 0 spiro atoms. The maximum Gasteiger partial charge on any atom is 0.338 e. The van der Waals surface area contributed by atoms with Crippen molar-refractivity contribution >= 4 is 17.7 Å². The van der Waals surface area contributed by atoms with Crippen molar-refractivity contribution < 1.29 is 28.5 Å². The highest BCUT2D eigenvalue weighted by atomic mass is 32.2. The first-order valence-electron chi connectivity index (χ1n) is 14.7. The highest BCUT2D eigenvalue weighted by Crippen LogP contribution is 2.35. The molecule has 7 heteroatoms. The highest BCUT2D eigenvalue weighted by molar-refractivity contribution is 7.99. The van der Waals surface area contributed by atoms with Crippen molar-refractivity contribution in [2.75, 3.05) is 12.4 Å². The predicted molar refractivity (Wildman–Crippen MR) is 169 cm³/mol. The third-order valence-corrected chi connectivity index (χ3v) is 8.18. The standard InChI is InChI=1S/C36H38O6S/c1-2-43-36-34(42-35(37)30-21-13-6-14-22-30)33(40-25-29-19-11-5-12-20-29)32(39-24-28-17-9-4-10-18-28)31(41-36)26-38-23-27-15-7-3-8-16-27/h3-22,31-34,36H,2,23-26H2,1H3/t31?,32-,33-,34?,36-/m0/s1. The third kappa shape index (κ3) is 9.02. The van der Waals surface area contributed by atoms with E-state index in [0.717, 1.165) is 22.4 Å². The zero-order valence-electron chi connectivity index (χ0n) is 24.3. The van der Waals surface area contributed by atoms with Crippen molar-refractivity contribution in [1.82, 2.24) is 0 Å². The lowest BCUT2D eigenvalue weighted by Crippen LogP contribution is -2.60. The normalized spacial score (nSPS) is 21.7. The fourth-order valence-electron chi connectivity index (χ4n) is 4.99. The summed E-state index contributed by atoms with van der Waals surface area (Å²) in [4.78, 5) is 13.4. The van der Waals surface area contributed by atoms with Crippen LogP contribution < -0.4 is 0 Å². The zero-order chi connectivity index (χ0) is 29.7. The van der Waals surface area contributed by atoms with Crippen LogP contribution in [0.5, 0.6) is 0 Å². The maximum absolute atomic E-state index is 13.4. The van der Waals surface area contributed by atoms with Crippen LogP contribution in [0.4, 0.5) is 0 Å². The van der Waals surface area contributed by atoms with Gasteiger partial charge in [0.2, 0.25) is 0 Å². The van der Waals surface area contributed by atoms with Crippen LogP contribution in [0, 0.1) is 0 Å². The molecule has 1 heterocycles. The van der Waals surface area contributed by atoms with Crippen LogP contribution in [-0.4, -0.2) is 48.2 Å². The zero-order valence-corrected chi connectivity index (χ0v) is 25.1. The molecule has 1 aliphatic heterocycles. The fraction of sp³-hybridized carbons (Fsp3) is 0.306. The van der Waals surface area contributed by atoms with Gasteiger partial charge >= 0.3 is 5.97 Å². The molecular formula is C36H38O6S. The van der Waals surface area contributed by atoms with Crippen LogP contribution in [0.3, 0.4) is 0 Å². The molecule has 4 aromatic carbocycles.